The summed E-state index contributed by atoms with van der Waals surface area (Å²) in [5.74, 6) is -1.92. The lowest BCUT2D eigenvalue weighted by atomic mass is 10.0. The van der Waals surface area contributed by atoms with E-state index in [2.05, 4.69) is 4.74 Å². The van der Waals surface area contributed by atoms with Crippen molar-refractivity contribution in [1.82, 2.24) is 0 Å². The smallest absolute Gasteiger partial charge is 0.379 e. The van der Waals surface area contributed by atoms with Crippen molar-refractivity contribution >= 4 is 11.8 Å². The molecule has 98 valence electrons. The molecule has 5 heteroatoms. The second-order valence-corrected chi connectivity index (χ2v) is 3.80. The van der Waals surface area contributed by atoms with E-state index in [0.717, 1.165) is 0 Å². The highest BCUT2D eigenvalue weighted by molar-refractivity contribution is 6.41. The molecule has 0 aliphatic carbocycles. The first-order valence-corrected chi connectivity index (χ1v) is 5.52. The zero-order valence-corrected chi connectivity index (χ0v) is 10.9. The van der Waals surface area contributed by atoms with Crippen LogP contribution in [0.5, 0.6) is 11.5 Å². The standard InChI is InChI=1S/C13H16O5/c1-5-18-13(16)11(15)9-6-7(2)8(3)10(14)12(9)17-4/h6,14H,5H2,1-4H3. The summed E-state index contributed by atoms with van der Waals surface area (Å²) in [5, 5.41) is 9.89. The van der Waals surface area contributed by atoms with Gasteiger partial charge in [0, 0.05) is 0 Å². The summed E-state index contributed by atoms with van der Waals surface area (Å²) in [6, 6.07) is 1.51. The Morgan fingerprint density at radius 2 is 1.94 bits per heavy atom. The first kappa shape index (κ1) is 14.0. The van der Waals surface area contributed by atoms with Gasteiger partial charge in [0.05, 0.1) is 19.3 Å². The van der Waals surface area contributed by atoms with Crippen molar-refractivity contribution in [3.05, 3.63) is 22.8 Å². The van der Waals surface area contributed by atoms with Gasteiger partial charge in [0.25, 0.3) is 5.78 Å². The van der Waals surface area contributed by atoms with Gasteiger partial charge in [-0.15, -0.1) is 0 Å². The van der Waals surface area contributed by atoms with E-state index in [1.807, 2.05) is 0 Å². The number of rotatable bonds is 4. The van der Waals surface area contributed by atoms with Gasteiger partial charge in [0.15, 0.2) is 11.5 Å². The third kappa shape index (κ3) is 2.45. The van der Waals surface area contributed by atoms with Gasteiger partial charge in [0.2, 0.25) is 0 Å². The predicted molar refractivity (Wildman–Crippen MR) is 65.1 cm³/mol. The summed E-state index contributed by atoms with van der Waals surface area (Å²) < 4.78 is 9.62. The van der Waals surface area contributed by atoms with Crippen LogP contribution in [0.15, 0.2) is 6.07 Å². The summed E-state index contributed by atoms with van der Waals surface area (Å²) in [5.41, 5.74) is 1.31. The third-order valence-electron chi connectivity index (χ3n) is 2.68. The van der Waals surface area contributed by atoms with Crippen molar-refractivity contribution in [2.45, 2.75) is 20.8 Å². The molecular weight excluding hydrogens is 236 g/mol. The van der Waals surface area contributed by atoms with Gasteiger partial charge in [-0.05, 0) is 38.0 Å². The van der Waals surface area contributed by atoms with Crippen LogP contribution in [0, 0.1) is 13.8 Å². The Bertz CT molecular complexity index is 491. The minimum Gasteiger partial charge on any atom is -0.504 e. The lowest BCUT2D eigenvalue weighted by Gasteiger charge is -2.13. The van der Waals surface area contributed by atoms with Crippen molar-refractivity contribution in [2.75, 3.05) is 13.7 Å². The fourth-order valence-electron chi connectivity index (χ4n) is 1.56. The summed E-state index contributed by atoms with van der Waals surface area (Å²) in [6.07, 6.45) is 0. The van der Waals surface area contributed by atoms with Gasteiger partial charge in [0.1, 0.15) is 0 Å². The predicted octanol–water partition coefficient (Wildman–Crippen LogP) is 1.76. The molecule has 0 heterocycles. The first-order chi connectivity index (χ1) is 8.43. The van der Waals surface area contributed by atoms with E-state index in [0.29, 0.717) is 11.1 Å². The number of phenolic OH excluding ortho intramolecular Hbond substituents is 1. The quantitative estimate of drug-likeness (QED) is 0.502. The van der Waals surface area contributed by atoms with E-state index in [4.69, 9.17) is 4.74 Å². The van der Waals surface area contributed by atoms with E-state index in [-0.39, 0.29) is 23.7 Å². The highest BCUT2D eigenvalue weighted by atomic mass is 16.5. The van der Waals surface area contributed by atoms with Crippen LogP contribution in [0.1, 0.15) is 28.4 Å². The minimum absolute atomic E-state index is 0.00356. The van der Waals surface area contributed by atoms with Gasteiger partial charge in [-0.2, -0.15) is 0 Å². The third-order valence-corrected chi connectivity index (χ3v) is 2.68. The Morgan fingerprint density at radius 1 is 1.33 bits per heavy atom. The molecule has 0 atom stereocenters. The van der Waals surface area contributed by atoms with Crippen molar-refractivity contribution in [2.24, 2.45) is 0 Å². The van der Waals surface area contributed by atoms with Gasteiger partial charge in [-0.1, -0.05) is 0 Å². The number of ether oxygens (including phenoxy) is 2. The summed E-state index contributed by atoms with van der Waals surface area (Å²) in [7, 11) is 1.33. The molecule has 0 aliphatic rings. The normalized spacial score (nSPS) is 10.0. The fourth-order valence-corrected chi connectivity index (χ4v) is 1.56. The maximum Gasteiger partial charge on any atom is 0.379 e. The molecule has 0 aromatic heterocycles. The molecule has 1 rings (SSSR count). The highest BCUT2D eigenvalue weighted by Gasteiger charge is 2.25. The number of aryl methyl sites for hydroxylation is 1. The number of carbonyl (C=O) groups is 2. The number of carbonyl (C=O) groups excluding carboxylic acids is 2. The molecule has 0 radical (unpaired) electrons. The van der Waals surface area contributed by atoms with Gasteiger partial charge in [-0.25, -0.2) is 4.79 Å². The lowest BCUT2D eigenvalue weighted by molar-refractivity contribution is -0.137. The molecule has 0 saturated heterocycles. The summed E-state index contributed by atoms with van der Waals surface area (Å²) in [4.78, 5) is 23.3. The van der Waals surface area contributed by atoms with E-state index < -0.39 is 11.8 Å². The van der Waals surface area contributed by atoms with E-state index in [9.17, 15) is 14.7 Å². The molecule has 1 N–H and O–H groups in total. The molecule has 1 aromatic rings. The summed E-state index contributed by atoms with van der Waals surface area (Å²) >= 11 is 0. The number of benzene rings is 1. The van der Waals surface area contributed by atoms with Crippen LogP contribution in [0.2, 0.25) is 0 Å². The number of hydrogen-bond acceptors (Lipinski definition) is 5. The topological polar surface area (TPSA) is 72.8 Å². The SMILES string of the molecule is CCOC(=O)C(=O)c1cc(C)c(C)c(O)c1OC. The van der Waals surface area contributed by atoms with Gasteiger partial charge in [-0.3, -0.25) is 4.79 Å². The molecule has 0 spiro atoms. The average Bonchev–Trinajstić information content (AvgIpc) is 2.35. The first-order valence-electron chi connectivity index (χ1n) is 5.52. The number of ketones is 1. The van der Waals surface area contributed by atoms with Crippen LogP contribution in [0.4, 0.5) is 0 Å². The average molecular weight is 252 g/mol. The molecule has 0 fully saturated rings. The van der Waals surface area contributed by atoms with Crippen molar-refractivity contribution < 1.29 is 24.2 Å². The number of methoxy groups -OCH3 is 1. The van der Waals surface area contributed by atoms with E-state index in [1.54, 1.807) is 20.8 Å². The molecule has 0 amide bonds. The maximum atomic E-state index is 11.9. The van der Waals surface area contributed by atoms with Crippen LogP contribution in [-0.4, -0.2) is 30.6 Å². The number of hydrogen-bond donors (Lipinski definition) is 1. The van der Waals surface area contributed by atoms with Gasteiger partial charge < -0.3 is 14.6 Å². The molecule has 1 aromatic carbocycles. The summed E-state index contributed by atoms with van der Waals surface area (Å²) in [6.45, 7) is 5.16. The van der Waals surface area contributed by atoms with Crippen LogP contribution in [0.3, 0.4) is 0 Å². The van der Waals surface area contributed by atoms with Crippen LogP contribution in [0.25, 0.3) is 0 Å². The number of phenols is 1. The monoisotopic (exact) mass is 252 g/mol. The molecular formula is C13H16O5. The molecule has 0 aliphatic heterocycles. The molecule has 0 unspecified atom stereocenters. The largest absolute Gasteiger partial charge is 0.504 e. The fraction of sp³-hybridized carbons (Fsp3) is 0.385. The van der Waals surface area contributed by atoms with Crippen molar-refractivity contribution in [1.29, 1.82) is 0 Å². The van der Waals surface area contributed by atoms with Gasteiger partial charge >= 0.3 is 5.97 Å². The lowest BCUT2D eigenvalue weighted by Crippen LogP contribution is -2.18. The Balaban J connectivity index is 3.32. The van der Waals surface area contributed by atoms with Crippen molar-refractivity contribution in [3.8, 4) is 11.5 Å². The molecule has 0 saturated carbocycles. The Hall–Kier alpha value is -2.04. The zero-order chi connectivity index (χ0) is 13.9. The maximum absolute atomic E-state index is 11.9. The number of Topliss-reactive ketones (excluding diaryl/α,β-unsaturated/α-hetero) is 1. The van der Waals surface area contributed by atoms with E-state index in [1.165, 1.54) is 13.2 Å². The number of esters is 1. The molecule has 18 heavy (non-hydrogen) atoms. The second-order valence-electron chi connectivity index (χ2n) is 3.80. The zero-order valence-electron chi connectivity index (χ0n) is 10.9. The van der Waals surface area contributed by atoms with E-state index >= 15 is 0 Å². The second kappa shape index (κ2) is 5.53. The van der Waals surface area contributed by atoms with Crippen LogP contribution >= 0.6 is 0 Å². The molecule has 5 nitrogen and oxygen atoms in total. The van der Waals surface area contributed by atoms with Crippen LogP contribution < -0.4 is 4.74 Å². The molecule has 0 bridgehead atoms. The van der Waals surface area contributed by atoms with Crippen LogP contribution in [-0.2, 0) is 9.53 Å². The van der Waals surface area contributed by atoms with Crippen molar-refractivity contribution in [3.63, 3.8) is 0 Å². The number of aromatic hydroxyl groups is 1. The Labute approximate surface area is 105 Å². The minimum atomic E-state index is -0.960. The highest BCUT2D eigenvalue weighted by Crippen LogP contribution is 2.35. The Kier molecular flexibility index (Phi) is 4.31. The Morgan fingerprint density at radius 3 is 2.44 bits per heavy atom.